The molecule has 51 heavy (non-hydrogen) atoms. The Morgan fingerprint density at radius 3 is 2.00 bits per heavy atom. The Balaban J connectivity index is 2.43. The third-order valence-corrected chi connectivity index (χ3v) is 9.31. The lowest BCUT2D eigenvalue weighted by Crippen LogP contribution is -2.58. The van der Waals surface area contributed by atoms with Crippen LogP contribution in [0.4, 0.5) is 0 Å². The van der Waals surface area contributed by atoms with Crippen LogP contribution in [-0.2, 0) is 47.7 Å². The number of rotatable bonds is 8. The van der Waals surface area contributed by atoms with E-state index in [1.165, 1.54) is 30.6 Å². The third-order valence-electron chi connectivity index (χ3n) is 9.31. The van der Waals surface area contributed by atoms with Crippen LogP contribution in [0.1, 0.15) is 86.0 Å². The SMILES string of the molecule is C=C1[C@H](OC(=O)C(C)C)[C@@H](OC(C)=O)[C@@H](OC(=O)c2cccnc2)C(C)(C)/C=C/[C@@H](C)C(=O)[C@@]2(O)C[C@H](C)[C@H](OC(=O)C(C)C)[C@@H]2[C@H]1OC(C)=O. The van der Waals surface area contributed by atoms with Crippen LogP contribution in [0.3, 0.4) is 0 Å². The second kappa shape index (κ2) is 16.3. The summed E-state index contributed by atoms with van der Waals surface area (Å²) in [6.07, 6.45) is -1.87. The highest BCUT2D eigenvalue weighted by Gasteiger charge is 2.63. The first kappa shape index (κ1) is 41.0. The number of hydrogen-bond donors (Lipinski definition) is 1. The molecule has 1 aromatic rings. The van der Waals surface area contributed by atoms with E-state index >= 15 is 0 Å². The number of nitrogens with zero attached hydrogens (tertiary/aromatic N) is 1. The Morgan fingerprint density at radius 1 is 0.882 bits per heavy atom. The van der Waals surface area contributed by atoms with E-state index in [0.29, 0.717) is 0 Å². The summed E-state index contributed by atoms with van der Waals surface area (Å²) >= 11 is 0. The Labute approximate surface area is 299 Å². The topological polar surface area (TPSA) is 182 Å². The van der Waals surface area contributed by atoms with E-state index < -0.39 is 107 Å². The molecule has 0 unspecified atom stereocenters. The summed E-state index contributed by atoms with van der Waals surface area (Å²) in [5, 5.41) is 12.4. The molecule has 0 amide bonds. The van der Waals surface area contributed by atoms with Gasteiger partial charge >= 0.3 is 29.8 Å². The molecule has 0 bridgehead atoms. The summed E-state index contributed by atoms with van der Waals surface area (Å²) in [6, 6.07) is 3.01. The van der Waals surface area contributed by atoms with E-state index in [-0.39, 0.29) is 17.6 Å². The third kappa shape index (κ3) is 9.29. The number of hydrogen-bond acceptors (Lipinski definition) is 13. The van der Waals surface area contributed by atoms with Crippen LogP contribution < -0.4 is 0 Å². The van der Waals surface area contributed by atoms with Gasteiger partial charge in [-0.3, -0.25) is 29.0 Å². The summed E-state index contributed by atoms with van der Waals surface area (Å²) in [4.78, 5) is 84.1. The van der Waals surface area contributed by atoms with Gasteiger partial charge in [0.15, 0.2) is 24.1 Å². The second-order valence-electron chi connectivity index (χ2n) is 14.8. The number of allylic oxidation sites excluding steroid dienone is 1. The molecule has 0 aliphatic heterocycles. The molecular weight excluding hydrogens is 662 g/mol. The first-order chi connectivity index (χ1) is 23.6. The Bertz CT molecular complexity index is 1530. The van der Waals surface area contributed by atoms with Crippen molar-refractivity contribution in [1.82, 2.24) is 4.98 Å². The lowest BCUT2D eigenvalue weighted by atomic mass is 9.72. The Kier molecular flexibility index (Phi) is 13.1. The van der Waals surface area contributed by atoms with Crippen LogP contribution in [0.15, 0.2) is 48.8 Å². The number of carbonyl (C=O) groups is 6. The van der Waals surface area contributed by atoms with Gasteiger partial charge in [0.25, 0.3) is 0 Å². The zero-order chi connectivity index (χ0) is 38.6. The summed E-state index contributed by atoms with van der Waals surface area (Å²) in [7, 11) is 0. The van der Waals surface area contributed by atoms with Crippen molar-refractivity contribution in [1.29, 1.82) is 0 Å². The molecule has 1 fully saturated rings. The molecule has 3 rings (SSSR count). The predicted octanol–water partition coefficient (Wildman–Crippen LogP) is 4.35. The van der Waals surface area contributed by atoms with Crippen LogP contribution in [0.2, 0.25) is 0 Å². The lowest BCUT2D eigenvalue weighted by molar-refractivity contribution is -0.186. The molecule has 0 radical (unpaired) electrons. The number of ketones is 1. The van der Waals surface area contributed by atoms with E-state index in [2.05, 4.69) is 11.6 Å². The van der Waals surface area contributed by atoms with Crippen molar-refractivity contribution in [2.24, 2.45) is 35.0 Å². The van der Waals surface area contributed by atoms with Gasteiger partial charge in [-0.25, -0.2) is 4.79 Å². The maximum Gasteiger partial charge on any atom is 0.340 e. The molecule has 280 valence electrons. The normalized spacial score (nSPS) is 31.4. The number of carbonyl (C=O) groups excluding carboxylic acids is 6. The summed E-state index contributed by atoms with van der Waals surface area (Å²) in [6.45, 7) is 19.4. The molecule has 1 N–H and O–H groups in total. The average molecular weight is 714 g/mol. The van der Waals surface area contributed by atoms with E-state index in [0.717, 1.165) is 13.8 Å². The van der Waals surface area contributed by atoms with Crippen LogP contribution in [0.5, 0.6) is 0 Å². The van der Waals surface area contributed by atoms with Gasteiger partial charge in [0.05, 0.1) is 23.3 Å². The second-order valence-corrected chi connectivity index (χ2v) is 14.8. The molecule has 2 aliphatic rings. The fraction of sp³-hybridized carbons (Fsp3) is 0.605. The van der Waals surface area contributed by atoms with Gasteiger partial charge in [-0.2, -0.15) is 0 Å². The van der Waals surface area contributed by atoms with E-state index in [9.17, 15) is 33.9 Å². The van der Waals surface area contributed by atoms with Gasteiger partial charge in [0.1, 0.15) is 17.8 Å². The van der Waals surface area contributed by atoms with Crippen molar-refractivity contribution in [3.63, 3.8) is 0 Å². The number of Topliss-reactive ketones (excluding diaryl/α,β-unsaturated/α-hetero) is 1. The first-order valence-electron chi connectivity index (χ1n) is 17.1. The molecular formula is C38H51NO12. The average Bonchev–Trinajstić information content (AvgIpc) is 3.30. The first-order valence-corrected chi connectivity index (χ1v) is 17.1. The van der Waals surface area contributed by atoms with Gasteiger partial charge in [0.2, 0.25) is 0 Å². The van der Waals surface area contributed by atoms with Gasteiger partial charge in [-0.05, 0) is 24.5 Å². The number of fused-ring (bicyclic) bond motifs is 1. The highest BCUT2D eigenvalue weighted by atomic mass is 16.6. The standard InChI is InChI=1S/C38H51NO12/c1-19(2)34(43)49-28-22(6)17-38(46)27(28)29(47-24(8)40)23(7)30(50-35(44)20(3)4)31(48-25(9)41)33(37(10,11)15-14-21(5)32(38)42)51-36(45)26-13-12-16-39-18-26/h12-16,18-22,27-31,33,46H,7,17H2,1-6,8-11H3/b15-14+/t21-,22+,27-,28+,29+,30+,31-,33-,38-/m1/s1. The van der Waals surface area contributed by atoms with Crippen molar-refractivity contribution in [3.05, 3.63) is 54.4 Å². The zero-order valence-electron chi connectivity index (χ0n) is 31.0. The number of ether oxygens (including phenoxy) is 5. The largest absolute Gasteiger partial charge is 0.461 e. The minimum atomic E-state index is -2.24. The Morgan fingerprint density at radius 2 is 1.47 bits per heavy atom. The maximum absolute atomic E-state index is 14.4. The molecule has 1 aromatic heterocycles. The van der Waals surface area contributed by atoms with E-state index in [1.54, 1.807) is 61.5 Å². The van der Waals surface area contributed by atoms with Crippen molar-refractivity contribution in [3.8, 4) is 0 Å². The fourth-order valence-corrected chi connectivity index (χ4v) is 6.60. The number of aromatic nitrogens is 1. The summed E-state index contributed by atoms with van der Waals surface area (Å²) < 4.78 is 29.7. The van der Waals surface area contributed by atoms with Crippen LogP contribution in [-0.4, -0.2) is 81.8 Å². The Hall–Kier alpha value is -4.39. The molecule has 9 atom stereocenters. The highest BCUT2D eigenvalue weighted by molar-refractivity contribution is 5.92. The lowest BCUT2D eigenvalue weighted by Gasteiger charge is -2.44. The van der Waals surface area contributed by atoms with Gasteiger partial charge in [-0.15, -0.1) is 0 Å². The molecule has 13 nitrogen and oxygen atoms in total. The number of esters is 5. The summed E-state index contributed by atoms with van der Waals surface area (Å²) in [5.74, 6) is -8.95. The molecule has 0 aromatic carbocycles. The molecule has 2 aliphatic carbocycles. The quantitative estimate of drug-likeness (QED) is 0.228. The number of aliphatic hydroxyl groups is 1. The van der Waals surface area contributed by atoms with Crippen LogP contribution in [0, 0.1) is 35.0 Å². The van der Waals surface area contributed by atoms with Crippen LogP contribution >= 0.6 is 0 Å². The fourth-order valence-electron chi connectivity index (χ4n) is 6.60. The van der Waals surface area contributed by atoms with Crippen LogP contribution in [0.25, 0.3) is 0 Å². The smallest absolute Gasteiger partial charge is 0.340 e. The number of pyridine rings is 1. The molecule has 13 heteroatoms. The van der Waals surface area contributed by atoms with Crippen molar-refractivity contribution in [2.45, 2.75) is 112 Å². The maximum atomic E-state index is 14.4. The molecule has 0 saturated heterocycles. The molecule has 1 saturated carbocycles. The van der Waals surface area contributed by atoms with E-state index in [4.69, 9.17) is 23.7 Å². The van der Waals surface area contributed by atoms with Crippen molar-refractivity contribution >= 4 is 35.6 Å². The zero-order valence-corrected chi connectivity index (χ0v) is 31.0. The van der Waals surface area contributed by atoms with Gasteiger partial charge in [0, 0.05) is 43.1 Å². The van der Waals surface area contributed by atoms with Crippen molar-refractivity contribution in [2.75, 3.05) is 0 Å². The monoisotopic (exact) mass is 713 g/mol. The molecule has 1 heterocycles. The van der Waals surface area contributed by atoms with Crippen molar-refractivity contribution < 1.29 is 57.6 Å². The van der Waals surface area contributed by atoms with Gasteiger partial charge < -0.3 is 28.8 Å². The minimum absolute atomic E-state index is 0.0701. The van der Waals surface area contributed by atoms with E-state index in [1.807, 2.05) is 0 Å². The summed E-state index contributed by atoms with van der Waals surface area (Å²) in [5.41, 5.74) is -3.64. The highest BCUT2D eigenvalue weighted by Crippen LogP contribution is 2.49. The van der Waals surface area contributed by atoms with Gasteiger partial charge in [-0.1, -0.05) is 74.1 Å². The minimum Gasteiger partial charge on any atom is -0.461 e. The molecule has 0 spiro atoms. The predicted molar refractivity (Wildman–Crippen MR) is 182 cm³/mol.